The fourth-order valence-corrected chi connectivity index (χ4v) is 3.54. The lowest BCUT2D eigenvalue weighted by molar-refractivity contribution is -0.200. The standard InChI is InChI=1S/C23H24ClN3O6/c1-27(32-2)22(31)23(33-14-20(28)29,11-10-15-6-4-3-5-7-15)26-21(30)19-13-16-12-17(24)8-9-18(16)25-19/h3-9,12-13,25H,10-11,14H2,1-2H3,(H,26,30)(H,28,29)/t23-/m1/s1. The lowest BCUT2D eigenvalue weighted by Gasteiger charge is -2.35. The molecule has 1 aromatic heterocycles. The molecule has 0 saturated carbocycles. The Morgan fingerprint density at radius 2 is 1.88 bits per heavy atom. The minimum atomic E-state index is -2.00. The molecule has 33 heavy (non-hydrogen) atoms. The first-order valence-corrected chi connectivity index (χ1v) is 10.4. The number of hydrogen-bond acceptors (Lipinski definition) is 5. The van der Waals surface area contributed by atoms with Gasteiger partial charge >= 0.3 is 5.97 Å². The van der Waals surface area contributed by atoms with Gasteiger partial charge in [0.1, 0.15) is 12.3 Å². The van der Waals surface area contributed by atoms with Crippen LogP contribution in [0, 0.1) is 0 Å². The number of aromatic nitrogens is 1. The Labute approximate surface area is 195 Å². The molecule has 0 radical (unpaired) electrons. The number of nitrogens with one attached hydrogen (secondary N) is 2. The number of aromatic amines is 1. The number of benzene rings is 2. The predicted octanol–water partition coefficient (Wildman–Crippen LogP) is 3.00. The Balaban J connectivity index is 1.96. The third-order valence-electron chi connectivity index (χ3n) is 5.10. The molecule has 2 aromatic carbocycles. The van der Waals surface area contributed by atoms with Gasteiger partial charge in [-0.3, -0.25) is 14.4 Å². The monoisotopic (exact) mass is 473 g/mol. The van der Waals surface area contributed by atoms with Gasteiger partial charge in [0.15, 0.2) is 0 Å². The molecule has 9 nitrogen and oxygen atoms in total. The zero-order valence-electron chi connectivity index (χ0n) is 18.1. The van der Waals surface area contributed by atoms with Crippen LogP contribution in [0.15, 0.2) is 54.6 Å². The summed E-state index contributed by atoms with van der Waals surface area (Å²) in [6.07, 6.45) is 0.293. The Hall–Kier alpha value is -3.40. The Morgan fingerprint density at radius 1 is 1.15 bits per heavy atom. The summed E-state index contributed by atoms with van der Waals surface area (Å²) in [5.41, 5.74) is -0.289. The highest BCUT2D eigenvalue weighted by Gasteiger charge is 2.44. The van der Waals surface area contributed by atoms with Crippen molar-refractivity contribution in [3.8, 4) is 0 Å². The number of nitrogens with zero attached hydrogens (tertiary/aromatic N) is 1. The van der Waals surface area contributed by atoms with Crippen LogP contribution in [0.2, 0.25) is 5.02 Å². The molecular formula is C23H24ClN3O6. The van der Waals surface area contributed by atoms with Crippen LogP contribution in [0.1, 0.15) is 22.5 Å². The molecule has 174 valence electrons. The third-order valence-corrected chi connectivity index (χ3v) is 5.33. The number of aliphatic carboxylic acids is 1. The first-order valence-electron chi connectivity index (χ1n) is 10.1. The summed E-state index contributed by atoms with van der Waals surface area (Å²) in [6.45, 7) is -0.805. The third kappa shape index (κ3) is 5.89. The van der Waals surface area contributed by atoms with Crippen molar-refractivity contribution in [1.82, 2.24) is 15.4 Å². The number of carboxylic acid groups (broad SMARTS) is 1. The van der Waals surface area contributed by atoms with Crippen molar-refractivity contribution < 1.29 is 29.1 Å². The molecule has 3 rings (SSSR count). The summed E-state index contributed by atoms with van der Waals surface area (Å²) in [5, 5.41) is 13.9. The second-order valence-corrected chi connectivity index (χ2v) is 7.79. The van der Waals surface area contributed by atoms with Crippen LogP contribution in [0.4, 0.5) is 0 Å². The van der Waals surface area contributed by atoms with Crippen molar-refractivity contribution in [2.45, 2.75) is 18.6 Å². The Kier molecular flexibility index (Phi) is 7.70. The fourth-order valence-electron chi connectivity index (χ4n) is 3.36. The number of likely N-dealkylation sites (N-methyl/N-ethyl adjacent to an activating group) is 1. The molecule has 0 saturated heterocycles. The van der Waals surface area contributed by atoms with Gasteiger partial charge in [0.2, 0.25) is 5.72 Å². The van der Waals surface area contributed by atoms with E-state index in [-0.39, 0.29) is 12.1 Å². The highest BCUT2D eigenvalue weighted by atomic mass is 35.5. The summed E-state index contributed by atoms with van der Waals surface area (Å²) >= 11 is 6.02. The van der Waals surface area contributed by atoms with E-state index in [1.807, 2.05) is 30.3 Å². The Bertz CT molecular complexity index is 1150. The molecular weight excluding hydrogens is 450 g/mol. The molecule has 1 atom stereocenters. The zero-order valence-corrected chi connectivity index (χ0v) is 18.9. The van der Waals surface area contributed by atoms with Gasteiger partial charge in [-0.05, 0) is 36.2 Å². The molecule has 0 bridgehead atoms. The van der Waals surface area contributed by atoms with Gasteiger partial charge in [-0.15, -0.1) is 0 Å². The van der Waals surface area contributed by atoms with Crippen molar-refractivity contribution in [3.05, 3.63) is 70.9 Å². The largest absolute Gasteiger partial charge is 0.480 e. The minimum absolute atomic E-state index is 0.0331. The number of halogens is 1. The lowest BCUT2D eigenvalue weighted by atomic mass is 10.0. The van der Waals surface area contributed by atoms with Gasteiger partial charge in [-0.1, -0.05) is 41.9 Å². The van der Waals surface area contributed by atoms with Crippen LogP contribution in [-0.2, 0) is 25.6 Å². The first-order chi connectivity index (χ1) is 15.7. The Morgan fingerprint density at radius 3 is 2.55 bits per heavy atom. The highest BCUT2D eigenvalue weighted by molar-refractivity contribution is 6.31. The molecule has 2 amide bonds. The average Bonchev–Trinajstić information content (AvgIpc) is 3.24. The topological polar surface area (TPSA) is 121 Å². The molecule has 0 unspecified atom stereocenters. The SMILES string of the molecule is CON(C)C(=O)[C@](CCc1ccccc1)(NC(=O)c1cc2cc(Cl)ccc2[nH]1)OCC(=O)O. The predicted molar refractivity (Wildman–Crippen MR) is 122 cm³/mol. The van der Waals surface area contributed by atoms with E-state index in [0.29, 0.717) is 22.3 Å². The number of ether oxygens (including phenoxy) is 1. The van der Waals surface area contributed by atoms with Crippen molar-refractivity contribution in [2.24, 2.45) is 0 Å². The number of carbonyl (C=O) groups is 3. The molecule has 0 spiro atoms. The number of fused-ring (bicyclic) bond motifs is 1. The van der Waals surface area contributed by atoms with Crippen LogP contribution >= 0.6 is 11.6 Å². The van der Waals surface area contributed by atoms with E-state index >= 15 is 0 Å². The maximum absolute atomic E-state index is 13.3. The van der Waals surface area contributed by atoms with E-state index in [9.17, 15) is 19.5 Å². The van der Waals surface area contributed by atoms with E-state index in [0.717, 1.165) is 10.6 Å². The van der Waals surface area contributed by atoms with Crippen molar-refractivity contribution in [2.75, 3.05) is 20.8 Å². The molecule has 0 fully saturated rings. The number of aryl methyl sites for hydroxylation is 1. The van der Waals surface area contributed by atoms with E-state index in [4.69, 9.17) is 21.2 Å². The van der Waals surface area contributed by atoms with Gasteiger partial charge in [0.05, 0.1) is 7.11 Å². The van der Waals surface area contributed by atoms with Crippen LogP contribution in [-0.4, -0.2) is 59.4 Å². The second-order valence-electron chi connectivity index (χ2n) is 7.35. The highest BCUT2D eigenvalue weighted by Crippen LogP contribution is 2.23. The summed E-state index contributed by atoms with van der Waals surface area (Å²) < 4.78 is 5.55. The van der Waals surface area contributed by atoms with E-state index < -0.39 is 30.1 Å². The molecule has 1 heterocycles. The van der Waals surface area contributed by atoms with Crippen LogP contribution < -0.4 is 5.32 Å². The first kappa shape index (κ1) is 24.2. The maximum atomic E-state index is 13.3. The van der Waals surface area contributed by atoms with Gasteiger partial charge in [-0.2, -0.15) is 0 Å². The molecule has 0 aliphatic carbocycles. The minimum Gasteiger partial charge on any atom is -0.480 e. The molecule has 0 aliphatic heterocycles. The van der Waals surface area contributed by atoms with Crippen LogP contribution in [0.5, 0.6) is 0 Å². The smallest absolute Gasteiger partial charge is 0.329 e. The lowest BCUT2D eigenvalue weighted by Crippen LogP contribution is -2.61. The summed E-state index contributed by atoms with van der Waals surface area (Å²) in [4.78, 5) is 45.7. The molecule has 10 heteroatoms. The number of hydroxylamine groups is 2. The van der Waals surface area contributed by atoms with Crippen molar-refractivity contribution in [3.63, 3.8) is 0 Å². The number of rotatable bonds is 10. The number of carbonyl (C=O) groups excluding carboxylic acids is 2. The summed E-state index contributed by atoms with van der Waals surface area (Å²) in [5.74, 6) is -2.70. The van der Waals surface area contributed by atoms with Gasteiger partial charge in [0, 0.05) is 29.4 Å². The van der Waals surface area contributed by atoms with Crippen LogP contribution in [0.25, 0.3) is 10.9 Å². The molecule has 3 aromatic rings. The van der Waals surface area contributed by atoms with E-state index in [2.05, 4.69) is 10.3 Å². The number of amides is 2. The van der Waals surface area contributed by atoms with Crippen LogP contribution in [0.3, 0.4) is 0 Å². The number of hydrogen-bond donors (Lipinski definition) is 3. The van der Waals surface area contributed by atoms with E-state index in [1.54, 1.807) is 24.3 Å². The second kappa shape index (κ2) is 10.5. The summed E-state index contributed by atoms with van der Waals surface area (Å²) in [6, 6.07) is 15.9. The molecule has 3 N–H and O–H groups in total. The normalized spacial score (nSPS) is 12.8. The van der Waals surface area contributed by atoms with Gasteiger partial charge < -0.3 is 20.1 Å². The summed E-state index contributed by atoms with van der Waals surface area (Å²) in [7, 11) is 2.63. The zero-order chi connectivity index (χ0) is 24.0. The fraction of sp³-hybridized carbons (Fsp3) is 0.261. The maximum Gasteiger partial charge on any atom is 0.329 e. The number of carboxylic acids is 1. The average molecular weight is 474 g/mol. The van der Waals surface area contributed by atoms with Crippen molar-refractivity contribution >= 4 is 40.3 Å². The van der Waals surface area contributed by atoms with Crippen molar-refractivity contribution in [1.29, 1.82) is 0 Å². The quantitative estimate of drug-likeness (QED) is 0.307. The molecule has 0 aliphatic rings. The van der Waals surface area contributed by atoms with Gasteiger partial charge in [0.25, 0.3) is 11.8 Å². The van der Waals surface area contributed by atoms with E-state index in [1.165, 1.54) is 14.2 Å². The van der Waals surface area contributed by atoms with Gasteiger partial charge in [-0.25, -0.2) is 9.86 Å². The number of H-pyrrole nitrogens is 1.